The van der Waals surface area contributed by atoms with E-state index < -0.39 is 11.9 Å². The molecule has 116 valence electrons. The van der Waals surface area contributed by atoms with Crippen molar-refractivity contribution in [3.63, 3.8) is 0 Å². The van der Waals surface area contributed by atoms with Gasteiger partial charge in [0.25, 0.3) is 0 Å². The molecule has 0 bridgehead atoms. The van der Waals surface area contributed by atoms with Gasteiger partial charge >= 0.3 is 5.97 Å². The van der Waals surface area contributed by atoms with Gasteiger partial charge in [0.05, 0.1) is 11.8 Å². The number of hydrogen-bond acceptors (Lipinski definition) is 3. The standard InChI is InChI=1S/C15H22N2O4/c18-13(16-5-1-2-6-16)10-3-7-17(8-4-10)14(19)11-9-12(11)15(20)21/h10-12H,1-9H2,(H,20,21). The van der Waals surface area contributed by atoms with Gasteiger partial charge in [-0.1, -0.05) is 0 Å². The molecule has 2 unspecified atom stereocenters. The Morgan fingerprint density at radius 1 is 0.810 bits per heavy atom. The summed E-state index contributed by atoms with van der Waals surface area (Å²) in [5.74, 6) is -1.42. The van der Waals surface area contributed by atoms with Gasteiger partial charge in [0.2, 0.25) is 11.8 Å². The third-order valence-corrected chi connectivity index (χ3v) is 5.00. The Morgan fingerprint density at radius 3 is 1.90 bits per heavy atom. The SMILES string of the molecule is O=C(O)C1CC1C(=O)N1CCC(C(=O)N2CCCC2)CC1. The molecular formula is C15H22N2O4. The van der Waals surface area contributed by atoms with E-state index in [1.807, 2.05) is 4.90 Å². The predicted octanol–water partition coefficient (Wildman–Crippen LogP) is 0.568. The average Bonchev–Trinajstić information content (AvgIpc) is 3.12. The molecule has 1 saturated carbocycles. The van der Waals surface area contributed by atoms with E-state index in [0.29, 0.717) is 32.4 Å². The summed E-state index contributed by atoms with van der Waals surface area (Å²) >= 11 is 0. The van der Waals surface area contributed by atoms with Crippen LogP contribution in [0.25, 0.3) is 0 Å². The number of rotatable bonds is 3. The van der Waals surface area contributed by atoms with Crippen LogP contribution in [0.3, 0.4) is 0 Å². The van der Waals surface area contributed by atoms with Crippen molar-refractivity contribution >= 4 is 17.8 Å². The Bertz CT molecular complexity index is 451. The second-order valence-electron chi connectivity index (χ2n) is 6.42. The maximum Gasteiger partial charge on any atom is 0.307 e. The third kappa shape index (κ3) is 2.89. The number of carboxylic acids is 1. The van der Waals surface area contributed by atoms with Gasteiger partial charge in [0.1, 0.15) is 0 Å². The van der Waals surface area contributed by atoms with Crippen molar-refractivity contribution in [1.29, 1.82) is 0 Å². The molecule has 0 radical (unpaired) electrons. The monoisotopic (exact) mass is 294 g/mol. The molecule has 6 heteroatoms. The first kappa shape index (κ1) is 14.4. The lowest BCUT2D eigenvalue weighted by molar-refractivity contribution is -0.143. The van der Waals surface area contributed by atoms with Gasteiger partial charge in [-0.2, -0.15) is 0 Å². The van der Waals surface area contributed by atoms with Crippen molar-refractivity contribution in [2.75, 3.05) is 26.2 Å². The minimum Gasteiger partial charge on any atom is -0.481 e. The van der Waals surface area contributed by atoms with Gasteiger partial charge in [-0.05, 0) is 32.1 Å². The van der Waals surface area contributed by atoms with Crippen molar-refractivity contribution in [1.82, 2.24) is 9.80 Å². The normalized spacial score (nSPS) is 29.5. The Hall–Kier alpha value is -1.59. The minimum absolute atomic E-state index is 0.0329. The molecule has 3 fully saturated rings. The van der Waals surface area contributed by atoms with Crippen molar-refractivity contribution in [3.05, 3.63) is 0 Å². The molecular weight excluding hydrogens is 272 g/mol. The van der Waals surface area contributed by atoms with Crippen molar-refractivity contribution < 1.29 is 19.5 Å². The molecule has 0 aromatic carbocycles. The third-order valence-electron chi connectivity index (χ3n) is 5.00. The first-order valence-electron chi connectivity index (χ1n) is 7.88. The minimum atomic E-state index is -0.868. The maximum absolute atomic E-state index is 12.3. The Balaban J connectivity index is 1.48. The van der Waals surface area contributed by atoms with Crippen LogP contribution in [0, 0.1) is 17.8 Å². The van der Waals surface area contributed by atoms with E-state index >= 15 is 0 Å². The first-order valence-corrected chi connectivity index (χ1v) is 7.88. The van der Waals surface area contributed by atoms with Crippen LogP contribution in [0.1, 0.15) is 32.1 Å². The van der Waals surface area contributed by atoms with Gasteiger partial charge in [-0.3, -0.25) is 14.4 Å². The lowest BCUT2D eigenvalue weighted by atomic mass is 9.95. The smallest absolute Gasteiger partial charge is 0.307 e. The van der Waals surface area contributed by atoms with Crippen molar-refractivity contribution in [2.45, 2.75) is 32.1 Å². The zero-order valence-corrected chi connectivity index (χ0v) is 12.2. The lowest BCUT2D eigenvalue weighted by Gasteiger charge is -2.33. The van der Waals surface area contributed by atoms with E-state index in [-0.39, 0.29) is 23.7 Å². The number of carboxylic acid groups (broad SMARTS) is 1. The molecule has 2 heterocycles. The van der Waals surface area contributed by atoms with E-state index in [9.17, 15) is 14.4 Å². The molecule has 3 rings (SSSR count). The molecule has 2 saturated heterocycles. The van der Waals surface area contributed by atoms with Gasteiger partial charge in [0, 0.05) is 32.1 Å². The highest BCUT2D eigenvalue weighted by molar-refractivity contribution is 5.89. The Morgan fingerprint density at radius 2 is 1.38 bits per heavy atom. The molecule has 0 aromatic rings. The lowest BCUT2D eigenvalue weighted by Crippen LogP contribution is -2.44. The zero-order valence-electron chi connectivity index (χ0n) is 12.2. The molecule has 2 aliphatic heterocycles. The quantitative estimate of drug-likeness (QED) is 0.825. The summed E-state index contributed by atoms with van der Waals surface area (Å²) in [5.41, 5.74) is 0. The van der Waals surface area contributed by atoms with Crippen LogP contribution >= 0.6 is 0 Å². The topological polar surface area (TPSA) is 77.9 Å². The molecule has 1 N–H and O–H groups in total. The highest BCUT2D eigenvalue weighted by Gasteiger charge is 2.50. The number of aliphatic carboxylic acids is 1. The molecule has 21 heavy (non-hydrogen) atoms. The van der Waals surface area contributed by atoms with Gasteiger partial charge in [-0.25, -0.2) is 0 Å². The van der Waals surface area contributed by atoms with Crippen molar-refractivity contribution in [3.8, 4) is 0 Å². The fourth-order valence-electron chi connectivity index (χ4n) is 3.52. The number of carbonyl (C=O) groups excluding carboxylic acids is 2. The van der Waals surface area contributed by atoms with E-state index in [0.717, 1.165) is 25.9 Å². The number of amides is 2. The molecule has 6 nitrogen and oxygen atoms in total. The van der Waals surface area contributed by atoms with Crippen LogP contribution in [0.15, 0.2) is 0 Å². The highest BCUT2D eigenvalue weighted by Crippen LogP contribution is 2.40. The Labute approximate surface area is 124 Å². The summed E-state index contributed by atoms with van der Waals surface area (Å²) in [7, 11) is 0. The fourth-order valence-corrected chi connectivity index (χ4v) is 3.52. The first-order chi connectivity index (χ1) is 10.1. The van der Waals surface area contributed by atoms with Gasteiger partial charge in [0.15, 0.2) is 0 Å². The molecule has 2 atom stereocenters. The second-order valence-corrected chi connectivity index (χ2v) is 6.42. The summed E-state index contributed by atoms with van der Waals surface area (Å²) < 4.78 is 0. The van der Waals surface area contributed by atoms with Crippen LogP contribution in [-0.4, -0.2) is 58.9 Å². The summed E-state index contributed by atoms with van der Waals surface area (Å²) in [6, 6.07) is 0. The van der Waals surface area contributed by atoms with Crippen LogP contribution in [0.2, 0.25) is 0 Å². The second kappa shape index (κ2) is 5.66. The van der Waals surface area contributed by atoms with Crippen LogP contribution in [0.4, 0.5) is 0 Å². The van der Waals surface area contributed by atoms with E-state index in [4.69, 9.17) is 5.11 Å². The van der Waals surface area contributed by atoms with Crippen molar-refractivity contribution in [2.24, 2.45) is 17.8 Å². The largest absolute Gasteiger partial charge is 0.481 e. The molecule has 0 spiro atoms. The molecule has 1 aliphatic carbocycles. The summed E-state index contributed by atoms with van der Waals surface area (Å²) in [4.78, 5) is 39.0. The number of hydrogen-bond donors (Lipinski definition) is 1. The predicted molar refractivity (Wildman–Crippen MR) is 74.4 cm³/mol. The average molecular weight is 294 g/mol. The van der Waals surface area contributed by atoms with Crippen LogP contribution in [-0.2, 0) is 14.4 Å². The number of piperidine rings is 1. The van der Waals surface area contributed by atoms with Gasteiger partial charge in [-0.15, -0.1) is 0 Å². The Kier molecular flexibility index (Phi) is 3.87. The summed E-state index contributed by atoms with van der Waals surface area (Å²) in [5, 5.41) is 8.89. The highest BCUT2D eigenvalue weighted by atomic mass is 16.4. The molecule has 0 aromatic heterocycles. The van der Waals surface area contributed by atoms with Crippen LogP contribution in [0.5, 0.6) is 0 Å². The fraction of sp³-hybridized carbons (Fsp3) is 0.800. The van der Waals surface area contributed by atoms with Crippen LogP contribution < -0.4 is 0 Å². The van der Waals surface area contributed by atoms with E-state index in [2.05, 4.69) is 0 Å². The van der Waals surface area contributed by atoms with E-state index in [1.54, 1.807) is 4.90 Å². The summed E-state index contributed by atoms with van der Waals surface area (Å²) in [6.45, 7) is 2.93. The van der Waals surface area contributed by atoms with Gasteiger partial charge < -0.3 is 14.9 Å². The van der Waals surface area contributed by atoms with E-state index in [1.165, 1.54) is 0 Å². The molecule has 2 amide bonds. The summed E-state index contributed by atoms with van der Waals surface area (Å²) in [6.07, 6.45) is 4.10. The molecule has 3 aliphatic rings. The maximum atomic E-state index is 12.3. The number of likely N-dealkylation sites (tertiary alicyclic amines) is 2. The zero-order chi connectivity index (χ0) is 15.0. The number of nitrogens with zero attached hydrogens (tertiary/aromatic N) is 2. The number of carbonyl (C=O) groups is 3.